The summed E-state index contributed by atoms with van der Waals surface area (Å²) in [4.78, 5) is 3.88. The molecule has 0 amide bonds. The maximum Gasteiger partial charge on any atom is 0.276 e. The summed E-state index contributed by atoms with van der Waals surface area (Å²) in [5, 5.41) is 17.7. The van der Waals surface area contributed by atoms with Crippen molar-refractivity contribution in [3.63, 3.8) is 0 Å². The van der Waals surface area contributed by atoms with Crippen molar-refractivity contribution in [2.45, 2.75) is 24.4 Å². The molecule has 0 aliphatic heterocycles. The zero-order valence-electron chi connectivity index (χ0n) is 13.8. The van der Waals surface area contributed by atoms with Crippen LogP contribution in [0.1, 0.15) is 17.1 Å². The molecular formula is C16H14ClN7OS. The Hall–Kier alpha value is -2.65. The third-order valence-corrected chi connectivity index (χ3v) is 4.91. The molecular weight excluding hydrogens is 374 g/mol. The number of hydrogen-bond acceptors (Lipinski definition) is 7. The largest absolute Gasteiger partial charge is 0.414 e. The van der Waals surface area contributed by atoms with Crippen molar-refractivity contribution >= 4 is 23.4 Å². The summed E-state index contributed by atoms with van der Waals surface area (Å²) in [5.74, 6) is 1.06. The van der Waals surface area contributed by atoms with E-state index in [1.807, 2.05) is 37.3 Å². The van der Waals surface area contributed by atoms with Crippen LogP contribution in [-0.4, -0.2) is 34.7 Å². The molecule has 0 fully saturated rings. The standard InChI is InChI=1S/C16H14ClN7OS/c1-11-13(15(17)24(22-11)12-5-3-2-4-6-12)8-26-16-21-20-14(25-16)7-23-10-18-9-19-23/h2-6,9-10H,7-8H2,1H3. The maximum absolute atomic E-state index is 6.53. The lowest BCUT2D eigenvalue weighted by molar-refractivity contribution is 0.397. The quantitative estimate of drug-likeness (QED) is 0.469. The number of aromatic nitrogens is 7. The van der Waals surface area contributed by atoms with Crippen molar-refractivity contribution in [3.8, 4) is 5.69 Å². The molecule has 0 saturated heterocycles. The van der Waals surface area contributed by atoms with Gasteiger partial charge in [-0.05, 0) is 19.1 Å². The predicted molar refractivity (Wildman–Crippen MR) is 96.3 cm³/mol. The Kier molecular flexibility index (Phi) is 4.72. The number of aryl methyl sites for hydroxylation is 1. The van der Waals surface area contributed by atoms with Gasteiger partial charge in [0.2, 0.25) is 5.89 Å². The number of hydrogen-bond donors (Lipinski definition) is 0. The summed E-state index contributed by atoms with van der Waals surface area (Å²) in [7, 11) is 0. The number of rotatable bonds is 6. The lowest BCUT2D eigenvalue weighted by Crippen LogP contribution is -1.99. The second-order valence-electron chi connectivity index (χ2n) is 5.45. The minimum Gasteiger partial charge on any atom is -0.414 e. The zero-order valence-corrected chi connectivity index (χ0v) is 15.4. The van der Waals surface area contributed by atoms with E-state index in [-0.39, 0.29) is 0 Å². The van der Waals surface area contributed by atoms with Crippen LogP contribution in [0.15, 0.2) is 52.6 Å². The van der Waals surface area contributed by atoms with Gasteiger partial charge in [-0.3, -0.25) is 0 Å². The van der Waals surface area contributed by atoms with Gasteiger partial charge in [0.15, 0.2) is 0 Å². The predicted octanol–water partition coefficient (Wildman–Crippen LogP) is 3.15. The van der Waals surface area contributed by atoms with Crippen molar-refractivity contribution in [1.82, 2.24) is 34.7 Å². The van der Waals surface area contributed by atoms with E-state index in [1.165, 1.54) is 18.1 Å². The fourth-order valence-electron chi connectivity index (χ4n) is 2.38. The SMILES string of the molecule is Cc1nn(-c2ccccc2)c(Cl)c1CSc1nnc(Cn2cncn2)o1. The van der Waals surface area contributed by atoms with Crippen LogP contribution < -0.4 is 0 Å². The van der Waals surface area contributed by atoms with Gasteiger partial charge in [-0.1, -0.05) is 41.6 Å². The molecule has 4 aromatic rings. The van der Waals surface area contributed by atoms with Gasteiger partial charge in [-0.15, -0.1) is 10.2 Å². The molecule has 0 saturated carbocycles. The number of thioether (sulfide) groups is 1. The topological polar surface area (TPSA) is 87.5 Å². The fourth-order valence-corrected chi connectivity index (χ4v) is 3.67. The molecule has 0 aliphatic rings. The Morgan fingerprint density at radius 3 is 2.81 bits per heavy atom. The molecule has 0 bridgehead atoms. The van der Waals surface area contributed by atoms with E-state index in [9.17, 15) is 0 Å². The first-order chi connectivity index (χ1) is 12.7. The molecule has 10 heteroatoms. The van der Waals surface area contributed by atoms with E-state index in [0.717, 1.165) is 16.9 Å². The number of halogens is 1. The average molecular weight is 388 g/mol. The lowest BCUT2D eigenvalue weighted by Gasteiger charge is -2.02. The minimum absolute atomic E-state index is 0.388. The molecule has 132 valence electrons. The highest BCUT2D eigenvalue weighted by Gasteiger charge is 2.16. The highest BCUT2D eigenvalue weighted by Crippen LogP contribution is 2.30. The van der Waals surface area contributed by atoms with Crippen molar-refractivity contribution in [1.29, 1.82) is 0 Å². The molecule has 0 N–H and O–H groups in total. The molecule has 1 aromatic carbocycles. The van der Waals surface area contributed by atoms with E-state index in [2.05, 4.69) is 25.4 Å². The van der Waals surface area contributed by atoms with Gasteiger partial charge in [-0.25, -0.2) is 14.3 Å². The Morgan fingerprint density at radius 2 is 2.04 bits per heavy atom. The molecule has 3 aromatic heterocycles. The van der Waals surface area contributed by atoms with Gasteiger partial charge in [-0.2, -0.15) is 10.2 Å². The van der Waals surface area contributed by atoms with Crippen molar-refractivity contribution in [2.24, 2.45) is 0 Å². The molecule has 4 rings (SSSR count). The van der Waals surface area contributed by atoms with E-state index in [0.29, 0.717) is 28.6 Å². The molecule has 0 aliphatic carbocycles. The van der Waals surface area contributed by atoms with Crippen LogP contribution in [0.5, 0.6) is 0 Å². The molecule has 0 atom stereocenters. The molecule has 8 nitrogen and oxygen atoms in total. The van der Waals surface area contributed by atoms with E-state index >= 15 is 0 Å². The summed E-state index contributed by atoms with van der Waals surface area (Å²) in [6.45, 7) is 2.32. The van der Waals surface area contributed by atoms with Crippen LogP contribution >= 0.6 is 23.4 Å². The molecule has 0 unspecified atom stereocenters. The third-order valence-electron chi connectivity index (χ3n) is 3.67. The van der Waals surface area contributed by atoms with Crippen LogP contribution in [0.4, 0.5) is 0 Å². The summed E-state index contributed by atoms with van der Waals surface area (Å²) in [6, 6.07) is 9.78. The number of para-hydroxylation sites is 1. The lowest BCUT2D eigenvalue weighted by atomic mass is 10.3. The Morgan fingerprint density at radius 1 is 1.19 bits per heavy atom. The smallest absolute Gasteiger partial charge is 0.276 e. The normalized spacial score (nSPS) is 11.2. The monoisotopic (exact) mass is 387 g/mol. The van der Waals surface area contributed by atoms with E-state index in [1.54, 1.807) is 15.7 Å². The van der Waals surface area contributed by atoms with Crippen molar-refractivity contribution in [3.05, 3.63) is 65.3 Å². The summed E-state index contributed by atoms with van der Waals surface area (Å²) in [6.07, 6.45) is 3.05. The van der Waals surface area contributed by atoms with Crippen LogP contribution in [0.2, 0.25) is 5.15 Å². The Balaban J connectivity index is 1.47. The average Bonchev–Trinajstić information content (AvgIpc) is 3.37. The van der Waals surface area contributed by atoms with Crippen LogP contribution in [0.25, 0.3) is 5.69 Å². The fraction of sp³-hybridized carbons (Fsp3) is 0.188. The Bertz CT molecular complexity index is 997. The van der Waals surface area contributed by atoms with Crippen LogP contribution in [-0.2, 0) is 12.3 Å². The van der Waals surface area contributed by atoms with Gasteiger partial charge in [0.25, 0.3) is 5.22 Å². The van der Waals surface area contributed by atoms with Gasteiger partial charge >= 0.3 is 0 Å². The summed E-state index contributed by atoms with van der Waals surface area (Å²) in [5.41, 5.74) is 2.73. The second-order valence-corrected chi connectivity index (χ2v) is 6.73. The van der Waals surface area contributed by atoms with Crippen LogP contribution in [0.3, 0.4) is 0 Å². The van der Waals surface area contributed by atoms with E-state index < -0.39 is 0 Å². The van der Waals surface area contributed by atoms with Gasteiger partial charge in [0.05, 0.1) is 11.4 Å². The van der Waals surface area contributed by atoms with Gasteiger partial charge in [0.1, 0.15) is 24.4 Å². The zero-order chi connectivity index (χ0) is 17.9. The first-order valence-electron chi connectivity index (χ1n) is 7.77. The number of benzene rings is 1. The van der Waals surface area contributed by atoms with Crippen molar-refractivity contribution < 1.29 is 4.42 Å². The molecule has 26 heavy (non-hydrogen) atoms. The highest BCUT2D eigenvalue weighted by molar-refractivity contribution is 7.98. The van der Waals surface area contributed by atoms with Gasteiger partial charge in [0, 0.05) is 11.3 Å². The highest BCUT2D eigenvalue weighted by atomic mass is 35.5. The first kappa shape index (κ1) is 16.8. The summed E-state index contributed by atoms with van der Waals surface area (Å²) < 4.78 is 8.98. The maximum atomic E-state index is 6.53. The van der Waals surface area contributed by atoms with Crippen LogP contribution in [0, 0.1) is 6.92 Å². The minimum atomic E-state index is 0.388. The van der Waals surface area contributed by atoms with Crippen molar-refractivity contribution in [2.75, 3.05) is 0 Å². The molecule has 3 heterocycles. The molecule has 0 spiro atoms. The second kappa shape index (κ2) is 7.30. The molecule has 0 radical (unpaired) electrons. The first-order valence-corrected chi connectivity index (χ1v) is 9.14. The third kappa shape index (κ3) is 3.49. The summed E-state index contributed by atoms with van der Waals surface area (Å²) >= 11 is 7.95. The Labute approximate surface area is 158 Å². The van der Waals surface area contributed by atoms with E-state index in [4.69, 9.17) is 16.0 Å². The number of nitrogens with zero attached hydrogens (tertiary/aromatic N) is 7. The van der Waals surface area contributed by atoms with Gasteiger partial charge < -0.3 is 4.42 Å².